The molecule has 0 amide bonds. The molecule has 5 aromatic rings. The summed E-state index contributed by atoms with van der Waals surface area (Å²) in [5, 5.41) is 5.20. The van der Waals surface area contributed by atoms with E-state index >= 15 is 0 Å². The second kappa shape index (κ2) is 6.50. The van der Waals surface area contributed by atoms with Crippen LogP contribution < -0.4 is 5.56 Å². The summed E-state index contributed by atoms with van der Waals surface area (Å²) in [6, 6.07) is 11.4. The van der Waals surface area contributed by atoms with Gasteiger partial charge in [-0.15, -0.1) is 11.3 Å². The average molecular weight is 413 g/mol. The van der Waals surface area contributed by atoms with Crippen molar-refractivity contribution in [2.24, 2.45) is 0 Å². The van der Waals surface area contributed by atoms with Gasteiger partial charge in [0.2, 0.25) is 11.7 Å². The lowest BCUT2D eigenvalue weighted by Gasteiger charge is -2.01. The van der Waals surface area contributed by atoms with E-state index in [1.54, 1.807) is 18.2 Å². The zero-order valence-corrected chi connectivity index (χ0v) is 15.7. The maximum Gasteiger partial charge on any atom is 0.271 e. The summed E-state index contributed by atoms with van der Waals surface area (Å²) in [7, 11) is 0. The molecular formula is C19H10ClFN4O2S. The Hall–Kier alpha value is -3.10. The number of aromatic nitrogens is 4. The van der Waals surface area contributed by atoms with E-state index in [-0.39, 0.29) is 23.8 Å². The third-order valence-electron chi connectivity index (χ3n) is 4.28. The molecule has 2 aromatic carbocycles. The van der Waals surface area contributed by atoms with Gasteiger partial charge < -0.3 is 4.52 Å². The lowest BCUT2D eigenvalue weighted by Crippen LogP contribution is -2.20. The van der Waals surface area contributed by atoms with Crippen molar-refractivity contribution < 1.29 is 8.91 Å². The lowest BCUT2D eigenvalue weighted by molar-refractivity contribution is 0.369. The van der Waals surface area contributed by atoms with E-state index in [0.717, 1.165) is 10.1 Å². The van der Waals surface area contributed by atoms with E-state index in [9.17, 15) is 9.18 Å². The first-order valence-electron chi connectivity index (χ1n) is 8.25. The largest absolute Gasteiger partial charge is 0.337 e. The molecule has 0 fully saturated rings. The highest BCUT2D eigenvalue weighted by molar-refractivity contribution is 7.25. The minimum Gasteiger partial charge on any atom is -0.337 e. The zero-order chi connectivity index (χ0) is 19.3. The Bertz CT molecular complexity index is 1410. The van der Waals surface area contributed by atoms with Gasteiger partial charge >= 0.3 is 0 Å². The topological polar surface area (TPSA) is 73.8 Å². The van der Waals surface area contributed by atoms with Crippen LogP contribution in [0, 0.1) is 5.82 Å². The fourth-order valence-electron chi connectivity index (χ4n) is 2.99. The molecule has 138 valence electrons. The average Bonchev–Trinajstić information content (AvgIpc) is 3.30. The number of benzene rings is 2. The lowest BCUT2D eigenvalue weighted by atomic mass is 10.2. The molecule has 5 rings (SSSR count). The van der Waals surface area contributed by atoms with Gasteiger partial charge in [-0.2, -0.15) is 4.98 Å². The van der Waals surface area contributed by atoms with Crippen molar-refractivity contribution in [1.29, 1.82) is 0 Å². The van der Waals surface area contributed by atoms with Gasteiger partial charge in [0.25, 0.3) is 5.56 Å². The van der Waals surface area contributed by atoms with E-state index < -0.39 is 5.82 Å². The molecule has 0 aliphatic carbocycles. The van der Waals surface area contributed by atoms with Gasteiger partial charge in [-0.1, -0.05) is 35.0 Å². The van der Waals surface area contributed by atoms with Crippen LogP contribution in [0.2, 0.25) is 5.02 Å². The number of halogens is 2. The first-order chi connectivity index (χ1) is 13.6. The molecule has 0 saturated carbocycles. The molecular weight excluding hydrogens is 403 g/mol. The van der Waals surface area contributed by atoms with E-state index in [2.05, 4.69) is 15.1 Å². The number of nitrogens with zero attached hydrogens (tertiary/aromatic N) is 4. The van der Waals surface area contributed by atoms with Gasteiger partial charge in [0, 0.05) is 15.6 Å². The number of hydrogen-bond acceptors (Lipinski definition) is 6. The summed E-state index contributed by atoms with van der Waals surface area (Å²) in [6.45, 7) is 0.0616. The molecule has 0 radical (unpaired) electrons. The summed E-state index contributed by atoms with van der Waals surface area (Å²) in [6.07, 6.45) is 1.44. The van der Waals surface area contributed by atoms with Crippen molar-refractivity contribution in [3.8, 4) is 11.4 Å². The fourth-order valence-corrected chi connectivity index (χ4v) is 4.44. The number of hydrogen-bond donors (Lipinski definition) is 0. The van der Waals surface area contributed by atoms with Crippen LogP contribution in [-0.4, -0.2) is 19.7 Å². The highest BCUT2D eigenvalue weighted by Gasteiger charge is 2.16. The van der Waals surface area contributed by atoms with Gasteiger partial charge in [-0.3, -0.25) is 9.36 Å². The Morgan fingerprint density at radius 2 is 2.07 bits per heavy atom. The van der Waals surface area contributed by atoms with Gasteiger partial charge in [-0.05, 0) is 24.3 Å². The molecule has 0 atom stereocenters. The first-order valence-corrected chi connectivity index (χ1v) is 9.44. The van der Waals surface area contributed by atoms with Crippen molar-refractivity contribution in [2.75, 3.05) is 0 Å². The predicted molar refractivity (Wildman–Crippen MR) is 105 cm³/mol. The normalized spacial score (nSPS) is 11.5. The van der Waals surface area contributed by atoms with Crippen LogP contribution in [0.3, 0.4) is 0 Å². The quantitative estimate of drug-likeness (QED) is 0.436. The van der Waals surface area contributed by atoms with Crippen molar-refractivity contribution in [3.05, 3.63) is 75.9 Å². The molecule has 0 unspecified atom stereocenters. The third-order valence-corrected chi connectivity index (χ3v) is 5.72. The Labute approximate surface area is 165 Å². The number of fused-ring (bicyclic) bond motifs is 3. The Balaban J connectivity index is 1.54. The second-order valence-corrected chi connectivity index (χ2v) is 7.55. The maximum atomic E-state index is 13.4. The van der Waals surface area contributed by atoms with Crippen molar-refractivity contribution in [2.45, 2.75) is 6.54 Å². The van der Waals surface area contributed by atoms with Crippen LogP contribution >= 0.6 is 22.9 Å². The summed E-state index contributed by atoms with van der Waals surface area (Å²) in [5.74, 6) is 0.0880. The first kappa shape index (κ1) is 17.0. The number of rotatable bonds is 3. The van der Waals surface area contributed by atoms with Gasteiger partial charge in [0.15, 0.2) is 0 Å². The van der Waals surface area contributed by atoms with Crippen LogP contribution in [0.4, 0.5) is 4.39 Å². The van der Waals surface area contributed by atoms with Crippen LogP contribution in [0.25, 0.3) is 31.7 Å². The monoisotopic (exact) mass is 412 g/mol. The Kier molecular flexibility index (Phi) is 3.96. The third kappa shape index (κ3) is 2.78. The van der Waals surface area contributed by atoms with Gasteiger partial charge in [0.05, 0.1) is 16.9 Å². The van der Waals surface area contributed by atoms with E-state index in [1.165, 1.54) is 34.4 Å². The fraction of sp³-hybridized carbons (Fsp3) is 0.0526. The Morgan fingerprint density at radius 1 is 1.21 bits per heavy atom. The summed E-state index contributed by atoms with van der Waals surface area (Å²) in [5.41, 5.74) is 0.862. The summed E-state index contributed by atoms with van der Waals surface area (Å²) >= 11 is 7.61. The van der Waals surface area contributed by atoms with Gasteiger partial charge in [-0.25, -0.2) is 9.37 Å². The minimum atomic E-state index is -0.391. The number of thiophene rings is 1. The van der Waals surface area contributed by atoms with Crippen LogP contribution in [0.15, 0.2) is 58.1 Å². The molecule has 3 aromatic heterocycles. The van der Waals surface area contributed by atoms with E-state index in [4.69, 9.17) is 16.1 Å². The summed E-state index contributed by atoms with van der Waals surface area (Å²) in [4.78, 5) is 21.5. The molecule has 6 nitrogen and oxygen atoms in total. The van der Waals surface area contributed by atoms with Crippen LogP contribution in [0.1, 0.15) is 5.89 Å². The molecule has 9 heteroatoms. The second-order valence-electron chi connectivity index (χ2n) is 6.09. The zero-order valence-electron chi connectivity index (χ0n) is 14.1. The minimum absolute atomic E-state index is 0.0616. The van der Waals surface area contributed by atoms with E-state index in [1.807, 2.05) is 12.1 Å². The molecule has 0 N–H and O–H groups in total. The smallest absolute Gasteiger partial charge is 0.271 e. The molecule has 0 aliphatic heterocycles. The molecule has 0 saturated heterocycles. The SMILES string of the molecule is O=c1c2sc3cccc(Cl)c3c2ncn1Cc1nc(-c2cccc(F)c2)no1. The maximum absolute atomic E-state index is 13.4. The highest BCUT2D eigenvalue weighted by atomic mass is 35.5. The molecule has 3 heterocycles. The highest BCUT2D eigenvalue weighted by Crippen LogP contribution is 2.35. The van der Waals surface area contributed by atoms with Gasteiger partial charge in [0.1, 0.15) is 17.1 Å². The molecule has 0 aliphatic rings. The molecule has 0 spiro atoms. The van der Waals surface area contributed by atoms with Crippen LogP contribution in [-0.2, 0) is 6.54 Å². The standard InChI is InChI=1S/C19H10ClFN4O2S/c20-12-5-2-6-13-15(12)16-17(28-13)19(26)25(9-22-16)8-14-23-18(24-27-14)10-3-1-4-11(21)7-10/h1-7,9H,8H2. The van der Waals surface area contributed by atoms with Crippen molar-refractivity contribution in [1.82, 2.24) is 19.7 Å². The molecule has 0 bridgehead atoms. The Morgan fingerprint density at radius 3 is 2.93 bits per heavy atom. The molecule has 28 heavy (non-hydrogen) atoms. The van der Waals surface area contributed by atoms with Crippen LogP contribution in [0.5, 0.6) is 0 Å². The van der Waals surface area contributed by atoms with E-state index in [0.29, 0.717) is 20.8 Å². The predicted octanol–water partition coefficient (Wildman–Crippen LogP) is 4.50. The van der Waals surface area contributed by atoms with Crippen molar-refractivity contribution >= 4 is 43.2 Å². The summed E-state index contributed by atoms with van der Waals surface area (Å²) < 4.78 is 21.4. The van der Waals surface area contributed by atoms with Crippen molar-refractivity contribution in [3.63, 3.8) is 0 Å².